The first-order chi connectivity index (χ1) is 9.85. The fourth-order valence-electron chi connectivity index (χ4n) is 1.72. The molecule has 1 aromatic rings. The summed E-state index contributed by atoms with van der Waals surface area (Å²) in [5, 5.41) is 5.75. The minimum Gasteiger partial charge on any atom is -0.433 e. The molecule has 1 aromatic carbocycles. The van der Waals surface area contributed by atoms with Crippen LogP contribution in [0.15, 0.2) is 12.1 Å². The molecule has 1 unspecified atom stereocenters. The van der Waals surface area contributed by atoms with Crippen LogP contribution in [0.25, 0.3) is 0 Å². The molecule has 126 valence electrons. The maximum atomic E-state index is 12.4. The topological polar surface area (TPSA) is 50.4 Å². The third kappa shape index (κ3) is 6.52. The fraction of sp³-hybridized carbons (Fsp3) is 0.462. The Morgan fingerprint density at radius 1 is 1.36 bits per heavy atom. The minimum atomic E-state index is -3.01. The summed E-state index contributed by atoms with van der Waals surface area (Å²) in [4.78, 5) is 11.8. The van der Waals surface area contributed by atoms with Crippen molar-refractivity contribution in [1.29, 1.82) is 0 Å². The van der Waals surface area contributed by atoms with Gasteiger partial charge in [-0.1, -0.05) is 30.1 Å². The van der Waals surface area contributed by atoms with Gasteiger partial charge in [0, 0.05) is 29.6 Å². The summed E-state index contributed by atoms with van der Waals surface area (Å²) in [6.45, 7) is -0.771. The van der Waals surface area contributed by atoms with Crippen LogP contribution in [-0.4, -0.2) is 26.1 Å². The molecule has 0 saturated carbocycles. The number of ether oxygens (including phenoxy) is 1. The van der Waals surface area contributed by atoms with Crippen LogP contribution in [0.4, 0.5) is 8.78 Å². The Hall–Kier alpha value is -0.820. The number of benzene rings is 1. The minimum absolute atomic E-state index is 0. The number of halogens is 5. The lowest BCUT2D eigenvalue weighted by molar-refractivity contribution is -0.124. The van der Waals surface area contributed by atoms with Crippen molar-refractivity contribution in [3.8, 4) is 5.75 Å². The number of rotatable bonds is 7. The standard InChI is InChI=1S/C13H16Cl2F2N2O2.ClH/c1-7(5-18-2)12(20)19-6-8-3-9(14)4-10(15)11(8)21-13(16)17;/h3-4,7,13,18H,5-6H2,1-2H3,(H,19,20);1H. The van der Waals surface area contributed by atoms with E-state index in [9.17, 15) is 13.6 Å². The zero-order valence-corrected chi connectivity index (χ0v) is 14.3. The Labute approximate surface area is 143 Å². The Balaban J connectivity index is 0.00000441. The number of nitrogens with one attached hydrogen (secondary N) is 2. The maximum absolute atomic E-state index is 12.4. The Morgan fingerprint density at radius 3 is 2.55 bits per heavy atom. The molecule has 0 aliphatic rings. The molecule has 0 aliphatic carbocycles. The van der Waals surface area contributed by atoms with Crippen LogP contribution >= 0.6 is 35.6 Å². The molecule has 0 aromatic heterocycles. The van der Waals surface area contributed by atoms with Crippen LogP contribution in [0.1, 0.15) is 12.5 Å². The first kappa shape index (κ1) is 21.2. The second-order valence-corrected chi connectivity index (χ2v) is 5.27. The molecule has 4 nitrogen and oxygen atoms in total. The Morgan fingerprint density at radius 2 is 2.00 bits per heavy atom. The van der Waals surface area contributed by atoms with E-state index < -0.39 is 6.61 Å². The van der Waals surface area contributed by atoms with Crippen LogP contribution in [0.2, 0.25) is 10.0 Å². The normalized spacial score (nSPS) is 11.8. The van der Waals surface area contributed by atoms with Crippen LogP contribution in [0.5, 0.6) is 5.75 Å². The van der Waals surface area contributed by atoms with Crippen molar-refractivity contribution >= 4 is 41.5 Å². The third-order valence-electron chi connectivity index (χ3n) is 2.70. The zero-order chi connectivity index (χ0) is 16.0. The van der Waals surface area contributed by atoms with Gasteiger partial charge in [0.25, 0.3) is 0 Å². The van der Waals surface area contributed by atoms with Gasteiger partial charge in [-0.15, -0.1) is 12.4 Å². The summed E-state index contributed by atoms with van der Waals surface area (Å²) < 4.78 is 29.2. The highest BCUT2D eigenvalue weighted by Crippen LogP contribution is 2.33. The number of alkyl halides is 2. The number of amides is 1. The Bertz CT molecular complexity index is 504. The molecule has 0 radical (unpaired) electrons. The predicted octanol–water partition coefficient (Wildman–Crippen LogP) is 3.49. The van der Waals surface area contributed by atoms with Gasteiger partial charge in [0.1, 0.15) is 5.75 Å². The maximum Gasteiger partial charge on any atom is 0.387 e. The van der Waals surface area contributed by atoms with E-state index >= 15 is 0 Å². The molecule has 2 N–H and O–H groups in total. The molecular formula is C13H17Cl3F2N2O2. The molecule has 0 bridgehead atoms. The van der Waals surface area contributed by atoms with Gasteiger partial charge in [-0.25, -0.2) is 0 Å². The number of hydrogen-bond acceptors (Lipinski definition) is 3. The summed E-state index contributed by atoms with van der Waals surface area (Å²) in [6, 6.07) is 2.73. The lowest BCUT2D eigenvalue weighted by Crippen LogP contribution is -2.34. The van der Waals surface area contributed by atoms with Crippen molar-refractivity contribution in [3.63, 3.8) is 0 Å². The average molecular weight is 378 g/mol. The highest BCUT2D eigenvalue weighted by atomic mass is 35.5. The van der Waals surface area contributed by atoms with Crippen molar-refractivity contribution in [2.75, 3.05) is 13.6 Å². The molecule has 22 heavy (non-hydrogen) atoms. The number of carbonyl (C=O) groups is 1. The summed E-state index contributed by atoms with van der Waals surface area (Å²) in [5.41, 5.74) is 0.290. The molecule has 0 fully saturated rings. The number of carbonyl (C=O) groups excluding carboxylic acids is 1. The highest BCUT2D eigenvalue weighted by Gasteiger charge is 2.17. The van der Waals surface area contributed by atoms with Gasteiger partial charge in [0.2, 0.25) is 5.91 Å². The van der Waals surface area contributed by atoms with Gasteiger partial charge in [-0.05, 0) is 19.2 Å². The van der Waals surface area contributed by atoms with Crippen LogP contribution in [0.3, 0.4) is 0 Å². The van der Waals surface area contributed by atoms with E-state index in [1.165, 1.54) is 12.1 Å². The third-order valence-corrected chi connectivity index (χ3v) is 3.20. The largest absolute Gasteiger partial charge is 0.433 e. The number of hydrogen-bond donors (Lipinski definition) is 2. The lowest BCUT2D eigenvalue weighted by atomic mass is 10.1. The SMILES string of the molecule is CNCC(C)C(=O)NCc1cc(Cl)cc(Cl)c1OC(F)F.Cl. The van der Waals surface area contributed by atoms with Gasteiger partial charge in [0.15, 0.2) is 0 Å². The quantitative estimate of drug-likeness (QED) is 0.765. The van der Waals surface area contributed by atoms with E-state index in [0.717, 1.165) is 0 Å². The van der Waals surface area contributed by atoms with Gasteiger partial charge in [0.05, 0.1) is 5.02 Å². The summed E-state index contributed by atoms with van der Waals surface area (Å²) in [7, 11) is 1.73. The average Bonchev–Trinajstić information content (AvgIpc) is 2.39. The van der Waals surface area contributed by atoms with Gasteiger partial charge >= 0.3 is 6.61 Å². The molecule has 0 spiro atoms. The summed E-state index contributed by atoms with van der Waals surface area (Å²) >= 11 is 11.7. The van der Waals surface area contributed by atoms with Crippen LogP contribution < -0.4 is 15.4 Å². The summed E-state index contributed by atoms with van der Waals surface area (Å²) in [5.74, 6) is -0.662. The predicted molar refractivity (Wildman–Crippen MR) is 85.3 cm³/mol. The smallest absolute Gasteiger partial charge is 0.387 e. The van der Waals surface area contributed by atoms with Crippen molar-refractivity contribution in [3.05, 3.63) is 27.7 Å². The second-order valence-electron chi connectivity index (χ2n) is 4.43. The van der Waals surface area contributed by atoms with E-state index in [4.69, 9.17) is 23.2 Å². The van der Waals surface area contributed by atoms with E-state index in [2.05, 4.69) is 15.4 Å². The first-order valence-electron chi connectivity index (χ1n) is 6.20. The molecular weight excluding hydrogens is 361 g/mol. The first-order valence-corrected chi connectivity index (χ1v) is 6.95. The van der Waals surface area contributed by atoms with Crippen LogP contribution in [0, 0.1) is 5.92 Å². The molecule has 0 aliphatic heterocycles. The summed E-state index contributed by atoms with van der Waals surface area (Å²) in [6.07, 6.45) is 0. The van der Waals surface area contributed by atoms with Crippen molar-refractivity contribution < 1.29 is 18.3 Å². The van der Waals surface area contributed by atoms with Crippen molar-refractivity contribution in [2.24, 2.45) is 5.92 Å². The molecule has 1 rings (SSSR count). The molecule has 1 amide bonds. The second kappa shape index (κ2) is 10.0. The zero-order valence-electron chi connectivity index (χ0n) is 12.0. The van der Waals surface area contributed by atoms with E-state index in [1.807, 2.05) is 0 Å². The van der Waals surface area contributed by atoms with E-state index in [1.54, 1.807) is 14.0 Å². The van der Waals surface area contributed by atoms with Crippen molar-refractivity contribution in [1.82, 2.24) is 10.6 Å². The fourth-order valence-corrected chi connectivity index (χ4v) is 2.30. The van der Waals surface area contributed by atoms with Gasteiger partial charge in [-0.3, -0.25) is 4.79 Å². The van der Waals surface area contributed by atoms with Gasteiger partial charge < -0.3 is 15.4 Å². The van der Waals surface area contributed by atoms with E-state index in [0.29, 0.717) is 6.54 Å². The van der Waals surface area contributed by atoms with E-state index in [-0.39, 0.29) is 52.1 Å². The molecule has 0 heterocycles. The monoisotopic (exact) mass is 376 g/mol. The Kier molecular flexibility index (Phi) is 9.67. The molecule has 1 atom stereocenters. The molecule has 0 saturated heterocycles. The molecule has 9 heteroatoms. The van der Waals surface area contributed by atoms with Gasteiger partial charge in [-0.2, -0.15) is 8.78 Å². The van der Waals surface area contributed by atoms with Crippen LogP contribution in [-0.2, 0) is 11.3 Å². The lowest BCUT2D eigenvalue weighted by Gasteiger charge is -2.15. The highest BCUT2D eigenvalue weighted by molar-refractivity contribution is 6.35. The van der Waals surface area contributed by atoms with Crippen molar-refractivity contribution in [2.45, 2.75) is 20.1 Å².